The fraction of sp³-hybridized carbons (Fsp3) is 0.743. The summed E-state index contributed by atoms with van der Waals surface area (Å²) in [5.41, 5.74) is 7.12. The molecule has 0 spiro atoms. The molecule has 0 aliphatic carbocycles. The lowest BCUT2D eigenvalue weighted by Gasteiger charge is -2.18. The van der Waals surface area contributed by atoms with E-state index in [1.807, 2.05) is 67.5 Å². The maximum atomic E-state index is 5.48. The maximum absolute atomic E-state index is 5.48. The lowest BCUT2D eigenvalue weighted by atomic mass is 9.87. The van der Waals surface area contributed by atoms with Crippen LogP contribution in [-0.2, 0) is 46.1 Å². The van der Waals surface area contributed by atoms with E-state index in [9.17, 15) is 0 Å². The van der Waals surface area contributed by atoms with Gasteiger partial charge in [0.2, 0.25) is 0 Å². The van der Waals surface area contributed by atoms with Gasteiger partial charge in [-0.3, -0.25) is 4.99 Å². The van der Waals surface area contributed by atoms with Crippen LogP contribution in [0.2, 0.25) is 0 Å². The van der Waals surface area contributed by atoms with Crippen LogP contribution < -0.4 is 0 Å². The lowest BCUT2D eigenvalue weighted by molar-refractivity contribution is 0.0994. The van der Waals surface area contributed by atoms with Gasteiger partial charge in [-0.25, -0.2) is 20.0 Å². The summed E-state index contributed by atoms with van der Waals surface area (Å²) in [4.78, 5) is 26.5. The van der Waals surface area contributed by atoms with Gasteiger partial charge in [0.15, 0.2) is 29.5 Å². The Labute approximate surface area is 557 Å². The molecule has 4 aliphatic heterocycles. The number of rotatable bonds is 0. The van der Waals surface area contributed by atoms with E-state index in [0.717, 1.165) is 101 Å². The number of ether oxygens (including phenoxy) is 3. The van der Waals surface area contributed by atoms with E-state index in [0.29, 0.717) is 6.04 Å². The van der Waals surface area contributed by atoms with Crippen LogP contribution in [-0.4, -0.2) is 92.4 Å². The predicted octanol–water partition coefficient (Wildman–Crippen LogP) is 19.8. The molecule has 5 aromatic rings. The number of aromatic nitrogens is 5. The van der Waals surface area contributed by atoms with Gasteiger partial charge in [-0.2, -0.15) is 0 Å². The molecule has 524 valence electrons. The van der Waals surface area contributed by atoms with Crippen molar-refractivity contribution in [1.82, 2.24) is 25.4 Å². The van der Waals surface area contributed by atoms with Crippen molar-refractivity contribution in [3.63, 3.8) is 0 Å². The van der Waals surface area contributed by atoms with Crippen molar-refractivity contribution >= 4 is 23.4 Å². The molecule has 0 saturated heterocycles. The molecule has 18 heteroatoms. The predicted molar refractivity (Wildman–Crippen MR) is 378 cm³/mol. The molecule has 9 rings (SSSR count). The van der Waals surface area contributed by atoms with Gasteiger partial charge in [-0.1, -0.05) is 208 Å². The summed E-state index contributed by atoms with van der Waals surface area (Å²) in [7, 11) is 0. The highest BCUT2D eigenvalue weighted by atomic mass is 16.6. The number of hydrogen-bond acceptors (Lipinski definition) is 18. The first-order chi connectivity index (χ1) is 41.2. The fourth-order valence-electron chi connectivity index (χ4n) is 7.64. The van der Waals surface area contributed by atoms with E-state index in [4.69, 9.17) is 41.5 Å². The molecule has 3 unspecified atom stereocenters. The van der Waals surface area contributed by atoms with Crippen LogP contribution in [0.4, 0.5) is 0 Å². The third-order valence-electron chi connectivity index (χ3n) is 13.3. The lowest BCUT2D eigenvalue weighted by Crippen LogP contribution is -2.22. The quantitative estimate of drug-likeness (QED) is 0.141. The van der Waals surface area contributed by atoms with Crippen LogP contribution in [0.1, 0.15) is 291 Å². The van der Waals surface area contributed by atoms with Crippen molar-refractivity contribution in [3.05, 3.63) is 87.8 Å². The van der Waals surface area contributed by atoms with Crippen LogP contribution in [0.3, 0.4) is 0 Å². The van der Waals surface area contributed by atoms with E-state index in [2.05, 4.69) is 253 Å². The van der Waals surface area contributed by atoms with E-state index in [1.165, 1.54) is 11.3 Å². The largest absolute Gasteiger partial charge is 0.478 e. The molecular formula is C74H129N9O9. The first-order valence-corrected chi connectivity index (χ1v) is 32.8. The highest BCUT2D eigenvalue weighted by Crippen LogP contribution is 2.30. The Morgan fingerprint density at radius 1 is 0.511 bits per heavy atom. The van der Waals surface area contributed by atoms with Crippen molar-refractivity contribution in [1.29, 1.82) is 0 Å². The third-order valence-corrected chi connectivity index (χ3v) is 13.3. The molecule has 9 heterocycles. The summed E-state index contributed by atoms with van der Waals surface area (Å²) in [5, 5.41) is 15.7. The molecule has 0 bridgehead atoms. The molecule has 0 saturated carbocycles. The molecular weight excluding hydrogens is 1160 g/mol. The molecule has 3 atom stereocenters. The topological polar surface area (TPSA) is 217 Å². The summed E-state index contributed by atoms with van der Waals surface area (Å²) >= 11 is 0. The summed E-state index contributed by atoms with van der Waals surface area (Å²) in [6.07, 6.45) is 4.99. The number of nitrogens with zero attached hydrogens (tertiary/aromatic N) is 9. The SMILES string of the molecule is CC1(C)COC(C(C)(C)C)=N1.CC1CC(C(C)(C)C)=NO1.CC1CN=C(C(C)(C)C)O1.CC1COC(C(C)(C)C)=N1.Cc1cc(C(C)(C)C)no1.Cc1cc(C(C)(C)C)on1.Cc1cnc(C(C)(C)C)o1.Cc1coc(C(C)(C)C)n1.Cc1onc(C(C)(C)C)c1C. The van der Waals surface area contributed by atoms with Gasteiger partial charge in [-0.05, 0) is 76.2 Å². The molecule has 5 aromatic heterocycles. The molecule has 4 aliphatic rings. The number of hydrogen-bond donors (Lipinski definition) is 0. The summed E-state index contributed by atoms with van der Waals surface area (Å²) in [6, 6.07) is 4.30. The van der Waals surface area contributed by atoms with Gasteiger partial charge in [0, 0.05) is 72.9 Å². The van der Waals surface area contributed by atoms with Gasteiger partial charge < -0.3 is 41.5 Å². The van der Waals surface area contributed by atoms with Crippen LogP contribution in [0.5, 0.6) is 0 Å². The number of aliphatic imine (C=N–C) groups is 3. The molecule has 92 heavy (non-hydrogen) atoms. The Kier molecular flexibility index (Phi) is 30.4. The van der Waals surface area contributed by atoms with E-state index < -0.39 is 0 Å². The number of oxazole rings is 2. The fourth-order valence-corrected chi connectivity index (χ4v) is 7.64. The second-order valence-corrected chi connectivity index (χ2v) is 34.5. The monoisotopic (exact) mass is 1290 g/mol. The van der Waals surface area contributed by atoms with Crippen molar-refractivity contribution in [2.45, 2.75) is 320 Å². The second kappa shape index (κ2) is 33.4. The zero-order valence-corrected chi connectivity index (χ0v) is 65.1. The minimum Gasteiger partial charge on any atom is -0.478 e. The molecule has 0 radical (unpaired) electrons. The van der Waals surface area contributed by atoms with Crippen molar-refractivity contribution in [2.75, 3.05) is 19.8 Å². The van der Waals surface area contributed by atoms with E-state index in [-0.39, 0.29) is 66.5 Å². The molecule has 0 aromatic carbocycles. The molecule has 0 N–H and O–H groups in total. The van der Waals surface area contributed by atoms with Crippen molar-refractivity contribution in [3.8, 4) is 0 Å². The first kappa shape index (κ1) is 83.9. The maximum Gasteiger partial charge on any atom is 0.199 e. The smallest absolute Gasteiger partial charge is 0.199 e. The molecule has 0 amide bonds. The van der Waals surface area contributed by atoms with Gasteiger partial charge >= 0.3 is 0 Å². The zero-order chi connectivity index (χ0) is 71.8. The minimum absolute atomic E-state index is 0.0113. The van der Waals surface area contributed by atoms with Crippen LogP contribution in [0.15, 0.2) is 67.1 Å². The second-order valence-electron chi connectivity index (χ2n) is 34.5. The van der Waals surface area contributed by atoms with Gasteiger partial charge in [0.05, 0.1) is 52.8 Å². The highest BCUT2D eigenvalue weighted by molar-refractivity contribution is 5.90. The average molecular weight is 1290 g/mol. The highest BCUT2D eigenvalue weighted by Gasteiger charge is 2.33. The molecule has 0 fully saturated rings. The standard InChI is InChI=1S/C9H17NO.C9H15NO.C8H15NO.C8H13NO.C8H15NO.C8H13NO.C8H15NO.2C8H13NO/c1-8(2,3)7-10-9(4,5)6-11-7;1-6-7(2)11-10-8(6)9(3,4)5;2*1-6-5-10-7(9-6)8(2,3)4;2*1-6-5-9-7(10-6)8(2,3)4;2*1-6-5-7(9-10-6)8(2,3)4;1-6-5-7(10-9-6)8(2,3)4/h6H2,1-5H3;1-5H3;6H,5H2,1-4H3;5H,1-4H3;6H,5H2,1-4H3;5H,1-4H3;6H,5H2,1-4H3;2*5H,1-4H3. The molecule has 18 nitrogen and oxygen atoms in total. The normalized spacial score (nSPS) is 17.9. The summed E-state index contributed by atoms with van der Waals surface area (Å²) in [6.45, 7) is 81.4. The Bertz CT molecular complexity index is 2860. The Morgan fingerprint density at radius 2 is 1.07 bits per heavy atom. The Morgan fingerprint density at radius 3 is 1.26 bits per heavy atom. The summed E-state index contributed by atoms with van der Waals surface area (Å²) in [5.74, 6) is 7.95. The van der Waals surface area contributed by atoms with Crippen LogP contribution >= 0.6 is 0 Å². The van der Waals surface area contributed by atoms with Gasteiger partial charge in [0.25, 0.3) is 0 Å². The number of oxime groups is 1. The Balaban J connectivity index is 0.000000518. The Hall–Kier alpha value is -6.07. The van der Waals surface area contributed by atoms with Gasteiger partial charge in [-0.15, -0.1) is 0 Å². The van der Waals surface area contributed by atoms with E-state index >= 15 is 0 Å². The van der Waals surface area contributed by atoms with Crippen LogP contribution in [0, 0.1) is 63.2 Å². The average Bonchev–Trinajstić information content (AvgIpc) is 2.37. The van der Waals surface area contributed by atoms with Crippen molar-refractivity contribution < 1.29 is 41.5 Å². The van der Waals surface area contributed by atoms with Crippen LogP contribution in [0.25, 0.3) is 0 Å². The number of aryl methyl sites for hydroxylation is 5. The third kappa shape index (κ3) is 31.7. The summed E-state index contributed by atoms with van der Waals surface area (Å²) < 4.78 is 42.0. The van der Waals surface area contributed by atoms with E-state index in [1.54, 1.807) is 12.5 Å². The van der Waals surface area contributed by atoms with Gasteiger partial charge in [0.1, 0.15) is 54.7 Å². The minimum atomic E-state index is -0.0113. The first-order valence-electron chi connectivity index (χ1n) is 32.8. The van der Waals surface area contributed by atoms with Crippen molar-refractivity contribution in [2.24, 2.45) is 41.8 Å². The zero-order valence-electron chi connectivity index (χ0n) is 65.1.